The van der Waals surface area contributed by atoms with Crippen molar-refractivity contribution in [2.75, 3.05) is 11.4 Å². The van der Waals surface area contributed by atoms with Gasteiger partial charge in [-0.1, -0.05) is 24.3 Å². The van der Waals surface area contributed by atoms with Crippen molar-refractivity contribution in [3.63, 3.8) is 0 Å². The van der Waals surface area contributed by atoms with E-state index in [4.69, 9.17) is 10.5 Å². The predicted molar refractivity (Wildman–Crippen MR) is 88.0 cm³/mol. The minimum Gasteiger partial charge on any atom is -0.455 e. The van der Waals surface area contributed by atoms with Crippen LogP contribution in [0.5, 0.6) is 11.5 Å². The molecule has 0 unspecified atom stereocenters. The Morgan fingerprint density at radius 2 is 1.90 bits per heavy atom. The number of nitrogens with two attached hydrogens (primary N) is 1. The minimum atomic E-state index is 0.126. The van der Waals surface area contributed by atoms with Gasteiger partial charge >= 0.3 is 0 Å². The molecule has 0 aromatic heterocycles. The van der Waals surface area contributed by atoms with Crippen molar-refractivity contribution < 1.29 is 4.74 Å². The van der Waals surface area contributed by atoms with E-state index in [1.807, 2.05) is 24.3 Å². The first-order chi connectivity index (χ1) is 10.3. The van der Waals surface area contributed by atoms with Crippen LogP contribution in [0.3, 0.4) is 0 Å². The van der Waals surface area contributed by atoms with Gasteiger partial charge < -0.3 is 15.4 Å². The Balaban J connectivity index is 1.97. The Hall–Kier alpha value is -1.52. The second-order valence-electron chi connectivity index (χ2n) is 5.67. The van der Waals surface area contributed by atoms with Crippen LogP contribution in [0.2, 0.25) is 0 Å². The molecule has 1 fully saturated rings. The summed E-state index contributed by atoms with van der Waals surface area (Å²) in [6.45, 7) is 1.01. The lowest BCUT2D eigenvalue weighted by molar-refractivity contribution is 0.408. The fourth-order valence-electron chi connectivity index (χ4n) is 3.47. The third-order valence-electron chi connectivity index (χ3n) is 4.37. The number of hydrogen-bond acceptors (Lipinski definition) is 3. The number of anilines is 1. The summed E-state index contributed by atoms with van der Waals surface area (Å²) in [5, 5.41) is 0. The summed E-state index contributed by atoms with van der Waals surface area (Å²) < 4.78 is 7.26. The van der Waals surface area contributed by atoms with Crippen LogP contribution in [0.4, 0.5) is 5.69 Å². The molecule has 2 N–H and O–H groups in total. The maximum Gasteiger partial charge on any atom is 0.151 e. The number of hydrogen-bond donors (Lipinski definition) is 1. The first-order valence-electron chi connectivity index (χ1n) is 7.33. The first kappa shape index (κ1) is 13.2. The smallest absolute Gasteiger partial charge is 0.151 e. The highest BCUT2D eigenvalue weighted by Gasteiger charge is 2.36. The lowest BCUT2D eigenvalue weighted by atomic mass is 9.90. The Kier molecular flexibility index (Phi) is 3.16. The summed E-state index contributed by atoms with van der Waals surface area (Å²) in [5.41, 5.74) is 8.78. The molecule has 1 saturated heterocycles. The third-order valence-corrected chi connectivity index (χ3v) is 5.01. The molecule has 4 heteroatoms. The van der Waals surface area contributed by atoms with Crippen LogP contribution in [0.15, 0.2) is 46.9 Å². The highest BCUT2D eigenvalue weighted by molar-refractivity contribution is 9.10. The minimum absolute atomic E-state index is 0.126. The Labute approximate surface area is 132 Å². The number of nitrogens with zero attached hydrogens (tertiary/aromatic N) is 1. The van der Waals surface area contributed by atoms with Gasteiger partial charge in [0.2, 0.25) is 0 Å². The Morgan fingerprint density at radius 3 is 2.81 bits per heavy atom. The number of fused-ring (bicyclic) bond motifs is 5. The number of para-hydroxylation sites is 2. The van der Waals surface area contributed by atoms with E-state index in [1.165, 1.54) is 5.56 Å². The zero-order valence-electron chi connectivity index (χ0n) is 11.6. The molecule has 4 rings (SSSR count). The van der Waals surface area contributed by atoms with Gasteiger partial charge in [0.05, 0.1) is 11.7 Å². The van der Waals surface area contributed by atoms with Crippen LogP contribution in [0.1, 0.15) is 24.4 Å². The molecule has 21 heavy (non-hydrogen) atoms. The zero-order chi connectivity index (χ0) is 14.4. The SMILES string of the molecule is N[C@H]1CCCN2c3c(Br)cccc3Oc3ccccc3[C@@H]12. The highest BCUT2D eigenvalue weighted by atomic mass is 79.9. The van der Waals surface area contributed by atoms with Gasteiger partial charge in [-0.3, -0.25) is 0 Å². The van der Waals surface area contributed by atoms with Crippen molar-refractivity contribution >= 4 is 21.6 Å². The maximum absolute atomic E-state index is 6.47. The normalized spacial score (nSPS) is 23.4. The molecule has 0 bridgehead atoms. The quantitative estimate of drug-likeness (QED) is 0.777. The first-order valence-corrected chi connectivity index (χ1v) is 8.12. The van der Waals surface area contributed by atoms with Crippen LogP contribution in [-0.4, -0.2) is 12.6 Å². The zero-order valence-corrected chi connectivity index (χ0v) is 13.2. The van der Waals surface area contributed by atoms with Crippen molar-refractivity contribution in [1.82, 2.24) is 0 Å². The fraction of sp³-hybridized carbons (Fsp3) is 0.294. The molecule has 2 aliphatic rings. The van der Waals surface area contributed by atoms with E-state index in [0.717, 1.165) is 41.0 Å². The molecule has 2 aromatic carbocycles. The molecule has 108 valence electrons. The van der Waals surface area contributed by atoms with E-state index in [0.29, 0.717) is 0 Å². The predicted octanol–water partition coefficient (Wildman–Crippen LogP) is 4.22. The average molecular weight is 345 g/mol. The molecule has 0 spiro atoms. The number of piperidine rings is 1. The van der Waals surface area contributed by atoms with E-state index < -0.39 is 0 Å². The Morgan fingerprint density at radius 1 is 1.10 bits per heavy atom. The summed E-state index contributed by atoms with van der Waals surface area (Å²) >= 11 is 3.68. The van der Waals surface area contributed by atoms with Gasteiger partial charge in [-0.25, -0.2) is 0 Å². The van der Waals surface area contributed by atoms with E-state index in [1.54, 1.807) is 0 Å². The van der Waals surface area contributed by atoms with Crippen molar-refractivity contribution in [3.8, 4) is 11.5 Å². The van der Waals surface area contributed by atoms with Crippen LogP contribution < -0.4 is 15.4 Å². The van der Waals surface area contributed by atoms with Gasteiger partial charge in [0.25, 0.3) is 0 Å². The summed E-state index contributed by atoms with van der Waals surface area (Å²) in [4.78, 5) is 2.40. The molecule has 0 aliphatic carbocycles. The molecule has 0 radical (unpaired) electrons. The summed E-state index contributed by atoms with van der Waals surface area (Å²) in [5.74, 6) is 1.81. The van der Waals surface area contributed by atoms with E-state index in [9.17, 15) is 0 Å². The molecule has 2 aliphatic heterocycles. The third kappa shape index (κ3) is 2.05. The van der Waals surface area contributed by atoms with E-state index >= 15 is 0 Å². The number of rotatable bonds is 0. The molecular formula is C17H17BrN2O. The highest BCUT2D eigenvalue weighted by Crippen LogP contribution is 2.49. The Bertz CT molecular complexity index is 688. The summed E-state index contributed by atoms with van der Waals surface area (Å²) in [6.07, 6.45) is 2.16. The van der Waals surface area contributed by atoms with Crippen molar-refractivity contribution in [2.45, 2.75) is 24.9 Å². The van der Waals surface area contributed by atoms with Gasteiger partial charge in [-0.15, -0.1) is 0 Å². The summed E-state index contributed by atoms with van der Waals surface area (Å²) in [6, 6.07) is 14.7. The van der Waals surface area contributed by atoms with E-state index in [2.05, 4.69) is 39.0 Å². The van der Waals surface area contributed by atoms with Gasteiger partial charge in [0, 0.05) is 22.6 Å². The van der Waals surface area contributed by atoms with Crippen molar-refractivity contribution in [1.29, 1.82) is 0 Å². The summed E-state index contributed by atoms with van der Waals surface area (Å²) in [7, 11) is 0. The largest absolute Gasteiger partial charge is 0.455 e. The van der Waals surface area contributed by atoms with Crippen LogP contribution >= 0.6 is 15.9 Å². The van der Waals surface area contributed by atoms with Crippen LogP contribution in [-0.2, 0) is 0 Å². The number of ether oxygens (including phenoxy) is 1. The van der Waals surface area contributed by atoms with Gasteiger partial charge in [0.1, 0.15) is 5.75 Å². The molecule has 2 heterocycles. The van der Waals surface area contributed by atoms with Crippen LogP contribution in [0, 0.1) is 0 Å². The molecule has 0 amide bonds. The molecular weight excluding hydrogens is 328 g/mol. The molecule has 3 nitrogen and oxygen atoms in total. The topological polar surface area (TPSA) is 38.5 Å². The lowest BCUT2D eigenvalue weighted by Crippen LogP contribution is -2.45. The van der Waals surface area contributed by atoms with Gasteiger partial charge in [-0.05, 0) is 47.0 Å². The molecule has 0 saturated carbocycles. The van der Waals surface area contributed by atoms with Crippen molar-refractivity contribution in [3.05, 3.63) is 52.5 Å². The second kappa shape index (κ2) is 5.04. The maximum atomic E-state index is 6.47. The monoisotopic (exact) mass is 344 g/mol. The fourth-order valence-corrected chi connectivity index (χ4v) is 4.04. The molecule has 2 aromatic rings. The van der Waals surface area contributed by atoms with Crippen molar-refractivity contribution in [2.24, 2.45) is 5.73 Å². The standard InChI is InChI=1S/C17H17BrN2O/c18-12-6-3-9-15-17(12)20-10-4-7-13(19)16(20)11-5-1-2-8-14(11)21-15/h1-3,5-6,8-9,13,16H,4,7,10,19H2/t13-,16-/m0/s1. The number of halogens is 1. The average Bonchev–Trinajstić information content (AvgIpc) is 2.63. The van der Waals surface area contributed by atoms with E-state index in [-0.39, 0.29) is 12.1 Å². The molecule has 2 atom stereocenters. The second-order valence-corrected chi connectivity index (χ2v) is 6.53. The number of benzene rings is 2. The van der Waals surface area contributed by atoms with Gasteiger partial charge in [0.15, 0.2) is 5.75 Å². The van der Waals surface area contributed by atoms with Crippen LogP contribution in [0.25, 0.3) is 0 Å². The van der Waals surface area contributed by atoms with Gasteiger partial charge in [-0.2, -0.15) is 0 Å². The lowest BCUT2D eigenvalue weighted by Gasteiger charge is -2.41.